The molecule has 0 bridgehead atoms. The number of rotatable bonds is 6. The number of imide groups is 1. The minimum Gasteiger partial charge on any atom is -0.335 e. The van der Waals surface area contributed by atoms with Crippen molar-refractivity contribution in [3.05, 3.63) is 36.5 Å². The van der Waals surface area contributed by atoms with E-state index in [1.165, 1.54) is 6.20 Å². The van der Waals surface area contributed by atoms with E-state index < -0.39 is 24.7 Å². The Balaban J connectivity index is 1.64. The van der Waals surface area contributed by atoms with Gasteiger partial charge in [-0.15, -0.1) is 0 Å². The zero-order valence-corrected chi connectivity index (χ0v) is 16.4. The number of carbonyl (C=O) groups excluding carboxylic acids is 2. The predicted octanol–water partition coefficient (Wildman–Crippen LogP) is 3.97. The van der Waals surface area contributed by atoms with Gasteiger partial charge in [-0.05, 0) is 18.4 Å². The Morgan fingerprint density at radius 3 is 2.52 bits per heavy atom. The van der Waals surface area contributed by atoms with E-state index in [-0.39, 0.29) is 17.0 Å². The van der Waals surface area contributed by atoms with Crippen LogP contribution in [-0.2, 0) is 11.3 Å². The van der Waals surface area contributed by atoms with Gasteiger partial charge in [0.1, 0.15) is 6.54 Å². The highest BCUT2D eigenvalue weighted by molar-refractivity contribution is 7.99. The Morgan fingerprint density at radius 2 is 1.86 bits per heavy atom. The summed E-state index contributed by atoms with van der Waals surface area (Å²) in [4.78, 5) is 27.9. The number of hydrogen-bond donors (Lipinski definition) is 2. The molecule has 6 nitrogen and oxygen atoms in total. The molecule has 156 valence electrons. The molecule has 29 heavy (non-hydrogen) atoms. The average Bonchev–Trinajstić information content (AvgIpc) is 3.29. The summed E-state index contributed by atoms with van der Waals surface area (Å²) in [6, 6.07) is 8.09. The molecule has 0 spiro atoms. The molecule has 0 saturated heterocycles. The van der Waals surface area contributed by atoms with Crippen LogP contribution in [0, 0.1) is 0 Å². The number of alkyl halides is 3. The van der Waals surface area contributed by atoms with Gasteiger partial charge in [-0.2, -0.15) is 13.2 Å². The summed E-state index contributed by atoms with van der Waals surface area (Å²) < 4.78 is 40.2. The summed E-state index contributed by atoms with van der Waals surface area (Å²) in [5.41, 5.74) is 0.904. The Hall–Kier alpha value is -2.49. The molecule has 1 heterocycles. The van der Waals surface area contributed by atoms with Gasteiger partial charge in [0.25, 0.3) is 0 Å². The fourth-order valence-electron chi connectivity index (χ4n) is 3.23. The summed E-state index contributed by atoms with van der Waals surface area (Å²) in [5, 5.41) is 5.00. The normalized spacial score (nSPS) is 14.7. The number of benzene rings is 1. The van der Waals surface area contributed by atoms with E-state index in [0.717, 1.165) is 42.0 Å². The second kappa shape index (κ2) is 9.34. The lowest BCUT2D eigenvalue weighted by atomic mass is 10.2. The van der Waals surface area contributed by atoms with E-state index >= 15 is 0 Å². The monoisotopic (exact) mass is 426 g/mol. The number of halogens is 3. The van der Waals surface area contributed by atoms with Crippen LogP contribution < -0.4 is 10.6 Å². The smallest absolute Gasteiger partial charge is 0.335 e. The van der Waals surface area contributed by atoms with Gasteiger partial charge in [-0.1, -0.05) is 54.9 Å². The van der Waals surface area contributed by atoms with E-state index in [0.29, 0.717) is 11.3 Å². The summed E-state index contributed by atoms with van der Waals surface area (Å²) in [6.45, 7) is -1.22. The van der Waals surface area contributed by atoms with Gasteiger partial charge in [0.05, 0.1) is 17.6 Å². The lowest BCUT2D eigenvalue weighted by Crippen LogP contribution is -2.44. The van der Waals surface area contributed by atoms with Gasteiger partial charge in [0.15, 0.2) is 5.16 Å². The van der Waals surface area contributed by atoms with Gasteiger partial charge in [0, 0.05) is 6.04 Å². The number of nitrogens with one attached hydrogen (secondary N) is 2. The second-order valence-electron chi connectivity index (χ2n) is 6.79. The standard InChI is InChI=1S/C19H21F3N4O2S/c20-19(21,22)12-26-15(13-6-2-1-3-7-13)10-23-18(26)29-11-16(27)25-17(28)24-14-8-4-5-9-14/h1-3,6-7,10,14H,4-5,8-9,11-12H2,(H2,24,25,27,28). The molecule has 2 N–H and O–H groups in total. The van der Waals surface area contributed by atoms with Crippen LogP contribution in [0.4, 0.5) is 18.0 Å². The molecule has 1 aromatic heterocycles. The van der Waals surface area contributed by atoms with E-state index in [1.54, 1.807) is 30.3 Å². The van der Waals surface area contributed by atoms with E-state index in [4.69, 9.17) is 0 Å². The molecule has 1 aromatic carbocycles. The number of amides is 3. The molecule has 1 fully saturated rings. The summed E-state index contributed by atoms with van der Waals surface area (Å²) in [5.74, 6) is -0.811. The highest BCUT2D eigenvalue weighted by Crippen LogP contribution is 2.29. The molecule has 10 heteroatoms. The highest BCUT2D eigenvalue weighted by atomic mass is 32.2. The molecule has 0 radical (unpaired) electrons. The second-order valence-corrected chi connectivity index (χ2v) is 7.73. The van der Waals surface area contributed by atoms with Gasteiger partial charge in [-0.3, -0.25) is 10.1 Å². The van der Waals surface area contributed by atoms with Crippen LogP contribution >= 0.6 is 11.8 Å². The third-order valence-electron chi connectivity index (χ3n) is 4.50. The van der Waals surface area contributed by atoms with Crippen LogP contribution in [0.25, 0.3) is 11.3 Å². The fraction of sp³-hybridized carbons (Fsp3) is 0.421. The summed E-state index contributed by atoms with van der Waals surface area (Å²) in [7, 11) is 0. The first kappa shape index (κ1) is 21.2. The van der Waals surface area contributed by atoms with Crippen LogP contribution in [0.5, 0.6) is 0 Å². The quantitative estimate of drug-likeness (QED) is 0.686. The van der Waals surface area contributed by atoms with Crippen LogP contribution in [0.2, 0.25) is 0 Å². The molecular formula is C19H21F3N4O2S. The Morgan fingerprint density at radius 1 is 1.17 bits per heavy atom. The maximum Gasteiger partial charge on any atom is 0.406 e. The van der Waals surface area contributed by atoms with Gasteiger partial charge >= 0.3 is 12.2 Å². The topological polar surface area (TPSA) is 76.0 Å². The van der Waals surface area contributed by atoms with Gasteiger partial charge in [0.2, 0.25) is 5.91 Å². The van der Waals surface area contributed by atoms with Crippen molar-refractivity contribution in [1.82, 2.24) is 20.2 Å². The number of hydrogen-bond acceptors (Lipinski definition) is 4. The van der Waals surface area contributed by atoms with Crippen LogP contribution in [0.15, 0.2) is 41.7 Å². The predicted molar refractivity (Wildman–Crippen MR) is 103 cm³/mol. The summed E-state index contributed by atoms with van der Waals surface area (Å²) in [6.07, 6.45) is 0.763. The SMILES string of the molecule is O=C(CSc1ncc(-c2ccccc2)n1CC(F)(F)F)NC(=O)NC1CCCC1. The lowest BCUT2D eigenvalue weighted by Gasteiger charge is -2.14. The van der Waals surface area contributed by atoms with E-state index in [1.807, 2.05) is 0 Å². The van der Waals surface area contributed by atoms with Crippen LogP contribution in [0.1, 0.15) is 25.7 Å². The van der Waals surface area contributed by atoms with Gasteiger partial charge in [-0.25, -0.2) is 9.78 Å². The number of aromatic nitrogens is 2. The molecule has 2 aromatic rings. The zero-order valence-electron chi connectivity index (χ0n) is 15.5. The first-order valence-corrected chi connectivity index (χ1v) is 10.2. The maximum absolute atomic E-state index is 13.1. The Bertz CT molecular complexity index is 849. The number of thioether (sulfide) groups is 1. The first-order chi connectivity index (χ1) is 13.8. The van der Waals surface area contributed by atoms with Crippen molar-refractivity contribution in [3.8, 4) is 11.3 Å². The molecule has 0 atom stereocenters. The van der Waals surface area contributed by atoms with E-state index in [9.17, 15) is 22.8 Å². The Kier molecular flexibility index (Phi) is 6.83. The van der Waals surface area contributed by atoms with Crippen molar-refractivity contribution in [2.75, 3.05) is 5.75 Å². The third kappa shape index (κ3) is 6.25. The molecule has 3 rings (SSSR count). The third-order valence-corrected chi connectivity index (χ3v) is 5.49. The molecule has 0 unspecified atom stereocenters. The summed E-state index contributed by atoms with van der Waals surface area (Å²) >= 11 is 0.856. The van der Waals surface area contributed by atoms with E-state index in [2.05, 4.69) is 15.6 Å². The highest BCUT2D eigenvalue weighted by Gasteiger charge is 2.31. The average molecular weight is 426 g/mol. The van der Waals surface area contributed by atoms with Crippen LogP contribution in [0.3, 0.4) is 0 Å². The Labute approximate surface area is 170 Å². The molecule has 3 amide bonds. The van der Waals surface area contributed by atoms with Crippen molar-refractivity contribution in [3.63, 3.8) is 0 Å². The van der Waals surface area contributed by atoms with Crippen molar-refractivity contribution < 1.29 is 22.8 Å². The number of urea groups is 1. The maximum atomic E-state index is 13.1. The minimum atomic E-state index is -4.44. The number of nitrogens with zero attached hydrogens (tertiary/aromatic N) is 2. The lowest BCUT2D eigenvalue weighted by molar-refractivity contribution is -0.141. The first-order valence-electron chi connectivity index (χ1n) is 9.22. The molecule has 1 aliphatic rings. The van der Waals surface area contributed by atoms with Gasteiger partial charge < -0.3 is 9.88 Å². The number of carbonyl (C=O) groups is 2. The molecular weight excluding hydrogens is 405 g/mol. The minimum absolute atomic E-state index is 0.0625. The zero-order chi connectivity index (χ0) is 20.9. The van der Waals surface area contributed by atoms with Crippen molar-refractivity contribution >= 4 is 23.7 Å². The molecule has 0 aliphatic heterocycles. The molecule has 1 saturated carbocycles. The number of imidazole rings is 1. The fourth-order valence-corrected chi connectivity index (χ4v) is 4.01. The van der Waals surface area contributed by atoms with Crippen molar-refractivity contribution in [2.45, 2.75) is 49.6 Å². The molecule has 1 aliphatic carbocycles. The van der Waals surface area contributed by atoms with Crippen molar-refractivity contribution in [1.29, 1.82) is 0 Å². The van der Waals surface area contributed by atoms with Crippen LogP contribution in [-0.4, -0.2) is 39.5 Å². The van der Waals surface area contributed by atoms with Crippen molar-refractivity contribution in [2.24, 2.45) is 0 Å². The largest absolute Gasteiger partial charge is 0.406 e.